The minimum absolute atomic E-state index is 0.176. The lowest BCUT2D eigenvalue weighted by Gasteiger charge is -2.36. The van der Waals surface area contributed by atoms with Gasteiger partial charge in [0.2, 0.25) is 5.91 Å². The van der Waals surface area contributed by atoms with Crippen molar-refractivity contribution < 1.29 is 19.1 Å². The molecule has 6 nitrogen and oxygen atoms in total. The molecule has 2 rings (SSSR count). The van der Waals surface area contributed by atoms with Gasteiger partial charge in [0, 0.05) is 38.3 Å². The summed E-state index contributed by atoms with van der Waals surface area (Å²) < 4.78 is 9.84. The lowest BCUT2D eigenvalue weighted by atomic mass is 10.2. The second-order valence-electron chi connectivity index (χ2n) is 4.84. The standard InChI is InChI=1S/C16H20N2O4/c1-21-14-6-4-3-5-13(14)17-9-11-18(12-10-17)15(19)7-8-16(20)22-2/h3-8H,9-12H2,1-2H3/b8-7+. The number of rotatable bonds is 4. The molecule has 0 aliphatic carbocycles. The first-order valence-electron chi connectivity index (χ1n) is 7.08. The van der Waals surface area contributed by atoms with Crippen molar-refractivity contribution in [3.05, 3.63) is 36.4 Å². The quantitative estimate of drug-likeness (QED) is 0.615. The van der Waals surface area contributed by atoms with Crippen molar-refractivity contribution in [2.75, 3.05) is 45.3 Å². The number of piperazine rings is 1. The van der Waals surface area contributed by atoms with E-state index in [1.165, 1.54) is 13.2 Å². The summed E-state index contributed by atoms with van der Waals surface area (Å²) in [5.41, 5.74) is 1.03. The Morgan fingerprint density at radius 3 is 2.36 bits per heavy atom. The van der Waals surface area contributed by atoms with Crippen molar-refractivity contribution in [3.63, 3.8) is 0 Å². The third-order valence-corrected chi connectivity index (χ3v) is 3.58. The minimum atomic E-state index is -0.527. The molecule has 1 heterocycles. The Morgan fingerprint density at radius 2 is 1.73 bits per heavy atom. The Hall–Kier alpha value is -2.50. The maximum absolute atomic E-state index is 12.0. The van der Waals surface area contributed by atoms with Gasteiger partial charge in [-0.15, -0.1) is 0 Å². The number of esters is 1. The fraction of sp³-hybridized carbons (Fsp3) is 0.375. The van der Waals surface area contributed by atoms with Crippen LogP contribution >= 0.6 is 0 Å². The predicted molar refractivity (Wildman–Crippen MR) is 82.9 cm³/mol. The van der Waals surface area contributed by atoms with Gasteiger partial charge in [0.25, 0.3) is 0 Å². The molecule has 0 atom stereocenters. The molecule has 118 valence electrons. The zero-order valence-electron chi connectivity index (χ0n) is 12.8. The van der Waals surface area contributed by atoms with Gasteiger partial charge in [0.15, 0.2) is 0 Å². The average Bonchev–Trinajstić information content (AvgIpc) is 2.59. The van der Waals surface area contributed by atoms with E-state index in [9.17, 15) is 9.59 Å². The van der Waals surface area contributed by atoms with Gasteiger partial charge < -0.3 is 19.3 Å². The van der Waals surface area contributed by atoms with E-state index in [0.717, 1.165) is 30.6 Å². The highest BCUT2D eigenvalue weighted by Crippen LogP contribution is 2.28. The first kappa shape index (κ1) is 15.9. The van der Waals surface area contributed by atoms with Gasteiger partial charge in [-0.05, 0) is 12.1 Å². The molecule has 0 N–H and O–H groups in total. The van der Waals surface area contributed by atoms with Crippen LogP contribution in [0.5, 0.6) is 5.75 Å². The van der Waals surface area contributed by atoms with Crippen LogP contribution in [0.3, 0.4) is 0 Å². The summed E-state index contributed by atoms with van der Waals surface area (Å²) in [6, 6.07) is 7.83. The number of para-hydroxylation sites is 2. The van der Waals surface area contributed by atoms with E-state index in [2.05, 4.69) is 9.64 Å². The van der Waals surface area contributed by atoms with E-state index in [0.29, 0.717) is 13.1 Å². The van der Waals surface area contributed by atoms with Crippen molar-refractivity contribution in [2.24, 2.45) is 0 Å². The Kier molecular flexibility index (Phi) is 5.41. The van der Waals surface area contributed by atoms with Gasteiger partial charge in [0.05, 0.1) is 19.9 Å². The summed E-state index contributed by atoms with van der Waals surface area (Å²) in [5.74, 6) is 0.124. The highest BCUT2D eigenvalue weighted by atomic mass is 16.5. The maximum atomic E-state index is 12.0. The van der Waals surface area contributed by atoms with Crippen molar-refractivity contribution in [3.8, 4) is 5.75 Å². The third kappa shape index (κ3) is 3.78. The average molecular weight is 304 g/mol. The zero-order valence-corrected chi connectivity index (χ0v) is 12.8. The van der Waals surface area contributed by atoms with Gasteiger partial charge in [-0.3, -0.25) is 4.79 Å². The Balaban J connectivity index is 1.94. The summed E-state index contributed by atoms with van der Waals surface area (Å²) in [5, 5.41) is 0. The number of carbonyl (C=O) groups excluding carboxylic acids is 2. The van der Waals surface area contributed by atoms with Gasteiger partial charge in [-0.2, -0.15) is 0 Å². The molecule has 1 aromatic carbocycles. The van der Waals surface area contributed by atoms with Gasteiger partial charge in [-0.1, -0.05) is 12.1 Å². The summed E-state index contributed by atoms with van der Waals surface area (Å²) >= 11 is 0. The smallest absolute Gasteiger partial charge is 0.330 e. The second kappa shape index (κ2) is 7.49. The van der Waals surface area contributed by atoms with Crippen molar-refractivity contribution >= 4 is 17.6 Å². The summed E-state index contributed by atoms with van der Waals surface area (Å²) in [4.78, 5) is 26.9. The molecule has 0 radical (unpaired) electrons. The molecule has 1 aromatic rings. The van der Waals surface area contributed by atoms with E-state index < -0.39 is 5.97 Å². The largest absolute Gasteiger partial charge is 0.495 e. The van der Waals surface area contributed by atoms with Crippen LogP contribution in [-0.2, 0) is 14.3 Å². The molecule has 0 bridgehead atoms. The molecule has 0 unspecified atom stereocenters. The number of methoxy groups -OCH3 is 2. The number of amides is 1. The van der Waals surface area contributed by atoms with Crippen molar-refractivity contribution in [1.29, 1.82) is 0 Å². The van der Waals surface area contributed by atoms with Crippen LogP contribution < -0.4 is 9.64 Å². The van der Waals surface area contributed by atoms with Crippen LogP contribution in [0.4, 0.5) is 5.69 Å². The zero-order chi connectivity index (χ0) is 15.9. The normalized spacial score (nSPS) is 15.0. The van der Waals surface area contributed by atoms with Crippen LogP contribution in [0.1, 0.15) is 0 Å². The Morgan fingerprint density at radius 1 is 1.05 bits per heavy atom. The van der Waals surface area contributed by atoms with E-state index in [-0.39, 0.29) is 5.91 Å². The summed E-state index contributed by atoms with van der Waals surface area (Å²) in [7, 11) is 2.93. The van der Waals surface area contributed by atoms with Gasteiger partial charge in [0.1, 0.15) is 5.75 Å². The topological polar surface area (TPSA) is 59.1 Å². The van der Waals surface area contributed by atoms with Gasteiger partial charge in [-0.25, -0.2) is 4.79 Å². The number of hydrogen-bond donors (Lipinski definition) is 0. The SMILES string of the molecule is COC(=O)/C=C/C(=O)N1CCN(c2ccccc2OC)CC1. The highest BCUT2D eigenvalue weighted by Gasteiger charge is 2.21. The Labute approximate surface area is 129 Å². The minimum Gasteiger partial charge on any atom is -0.495 e. The lowest BCUT2D eigenvalue weighted by Crippen LogP contribution is -2.48. The highest BCUT2D eigenvalue weighted by molar-refractivity contribution is 5.94. The number of ether oxygens (including phenoxy) is 2. The van der Waals surface area contributed by atoms with E-state index in [4.69, 9.17) is 4.74 Å². The van der Waals surface area contributed by atoms with Crippen LogP contribution in [0.15, 0.2) is 36.4 Å². The monoisotopic (exact) mass is 304 g/mol. The summed E-state index contributed by atoms with van der Waals surface area (Å²) in [6.45, 7) is 2.64. The summed E-state index contributed by atoms with van der Waals surface area (Å²) in [6.07, 6.45) is 2.40. The number of anilines is 1. The molecule has 1 amide bonds. The molecule has 1 aliphatic rings. The number of nitrogens with zero attached hydrogens (tertiary/aromatic N) is 2. The molecular weight excluding hydrogens is 284 g/mol. The van der Waals surface area contributed by atoms with Crippen LogP contribution in [0, 0.1) is 0 Å². The van der Waals surface area contributed by atoms with Gasteiger partial charge >= 0.3 is 5.97 Å². The lowest BCUT2D eigenvalue weighted by molar-refractivity contribution is -0.135. The molecule has 0 saturated carbocycles. The van der Waals surface area contributed by atoms with Crippen molar-refractivity contribution in [1.82, 2.24) is 4.90 Å². The van der Waals surface area contributed by atoms with Crippen LogP contribution in [-0.4, -0.2) is 57.2 Å². The third-order valence-electron chi connectivity index (χ3n) is 3.58. The first-order chi connectivity index (χ1) is 10.7. The number of carbonyl (C=O) groups is 2. The molecule has 1 fully saturated rings. The van der Waals surface area contributed by atoms with Crippen molar-refractivity contribution in [2.45, 2.75) is 0 Å². The molecule has 22 heavy (non-hydrogen) atoms. The fourth-order valence-electron chi connectivity index (χ4n) is 2.37. The predicted octanol–water partition coefficient (Wildman–Crippen LogP) is 1.07. The molecule has 1 aliphatic heterocycles. The van der Waals surface area contributed by atoms with Crippen LogP contribution in [0.2, 0.25) is 0 Å². The molecular formula is C16H20N2O4. The second-order valence-corrected chi connectivity index (χ2v) is 4.84. The fourth-order valence-corrected chi connectivity index (χ4v) is 2.37. The molecule has 0 aromatic heterocycles. The Bertz CT molecular complexity index is 563. The molecule has 1 saturated heterocycles. The van der Waals surface area contributed by atoms with E-state index >= 15 is 0 Å². The number of hydrogen-bond acceptors (Lipinski definition) is 5. The first-order valence-corrected chi connectivity index (χ1v) is 7.08. The molecule has 0 spiro atoms. The van der Waals surface area contributed by atoms with E-state index in [1.807, 2.05) is 24.3 Å². The molecule has 6 heteroatoms. The van der Waals surface area contributed by atoms with E-state index in [1.54, 1.807) is 12.0 Å². The maximum Gasteiger partial charge on any atom is 0.330 e. The number of benzene rings is 1. The van der Waals surface area contributed by atoms with Crippen LogP contribution in [0.25, 0.3) is 0 Å².